The molecule has 0 aliphatic carbocycles. The molecule has 2 aliphatic rings. The molecule has 0 saturated carbocycles. The first-order valence-corrected chi connectivity index (χ1v) is 10.7. The Kier molecular flexibility index (Phi) is 5.02. The van der Waals surface area contributed by atoms with Crippen molar-refractivity contribution in [1.82, 2.24) is 19.5 Å². The van der Waals surface area contributed by atoms with Gasteiger partial charge < -0.3 is 15.2 Å². The van der Waals surface area contributed by atoms with Crippen LogP contribution in [0.1, 0.15) is 33.9 Å². The summed E-state index contributed by atoms with van der Waals surface area (Å²) in [5.74, 6) is -2.77. The standard InChI is InChI=1S/C16H22F2N5O6P/c1-5-25-11-9-10(21-14(19)22-11)23(7-20-9)13-15(4,17)12-16(18,27-13)6-26-30(24,29-12)28-8(2)3/h7-8,12-13H,5-6H2,1-4H3,(H2,19,21,22)/t12-,13+,15+,16+,30+/m0/s1. The Labute approximate surface area is 170 Å². The number of phosphoric acid groups is 1. The number of nitrogens with two attached hydrogens (primary N) is 1. The van der Waals surface area contributed by atoms with E-state index in [1.807, 2.05) is 0 Å². The van der Waals surface area contributed by atoms with Crippen LogP contribution in [-0.4, -0.2) is 56.5 Å². The Balaban J connectivity index is 1.74. The van der Waals surface area contributed by atoms with Crippen molar-refractivity contribution < 1.29 is 36.4 Å². The summed E-state index contributed by atoms with van der Waals surface area (Å²) in [6.07, 6.45) is -2.83. The molecule has 14 heteroatoms. The van der Waals surface area contributed by atoms with Gasteiger partial charge in [0.25, 0.3) is 5.85 Å². The highest BCUT2D eigenvalue weighted by Gasteiger charge is 2.70. The first-order valence-electron chi connectivity index (χ1n) is 9.29. The smallest absolute Gasteiger partial charge is 0.475 e. The molecule has 0 bridgehead atoms. The molecule has 0 aromatic carbocycles. The summed E-state index contributed by atoms with van der Waals surface area (Å²) in [6, 6.07) is 0. The number of hydrogen-bond donors (Lipinski definition) is 1. The van der Waals surface area contributed by atoms with E-state index < -0.39 is 44.4 Å². The van der Waals surface area contributed by atoms with Crippen LogP contribution in [0.15, 0.2) is 6.33 Å². The lowest BCUT2D eigenvalue weighted by molar-refractivity contribution is -0.220. The molecule has 2 aromatic rings. The van der Waals surface area contributed by atoms with Crippen molar-refractivity contribution in [3.63, 3.8) is 0 Å². The van der Waals surface area contributed by atoms with Gasteiger partial charge in [0.1, 0.15) is 6.61 Å². The van der Waals surface area contributed by atoms with Crippen LogP contribution < -0.4 is 10.5 Å². The van der Waals surface area contributed by atoms with E-state index in [4.69, 9.17) is 28.8 Å². The van der Waals surface area contributed by atoms with Crippen LogP contribution in [0, 0.1) is 0 Å². The number of rotatable bonds is 5. The number of halogens is 2. The van der Waals surface area contributed by atoms with E-state index in [2.05, 4.69) is 15.0 Å². The summed E-state index contributed by atoms with van der Waals surface area (Å²) in [5.41, 5.74) is 3.49. The van der Waals surface area contributed by atoms with Crippen LogP contribution in [0.4, 0.5) is 14.7 Å². The lowest BCUT2D eigenvalue weighted by Gasteiger charge is -2.36. The maximum Gasteiger partial charge on any atom is 0.475 e. The lowest BCUT2D eigenvalue weighted by atomic mass is 9.97. The Morgan fingerprint density at radius 2 is 2.17 bits per heavy atom. The molecule has 0 radical (unpaired) electrons. The predicted octanol–water partition coefficient (Wildman–Crippen LogP) is 2.68. The maximum absolute atomic E-state index is 15.9. The average Bonchev–Trinajstić information content (AvgIpc) is 3.13. The zero-order chi connectivity index (χ0) is 21.9. The minimum absolute atomic E-state index is 0.0737. The zero-order valence-electron chi connectivity index (χ0n) is 16.7. The van der Waals surface area contributed by atoms with Gasteiger partial charge in [-0.25, -0.2) is 18.3 Å². The number of alkyl halides is 2. The van der Waals surface area contributed by atoms with Crippen molar-refractivity contribution in [3.8, 4) is 5.88 Å². The molecule has 4 heterocycles. The highest BCUT2D eigenvalue weighted by molar-refractivity contribution is 7.48. The molecule has 2 saturated heterocycles. The van der Waals surface area contributed by atoms with Crippen molar-refractivity contribution in [2.24, 2.45) is 0 Å². The molecular formula is C16H22F2N5O6P. The molecule has 2 aliphatic heterocycles. The second kappa shape index (κ2) is 7.06. The summed E-state index contributed by atoms with van der Waals surface area (Å²) >= 11 is 0. The Hall–Kier alpha value is -1.92. The third-order valence-corrected chi connectivity index (χ3v) is 6.22. The normalized spacial score (nSPS) is 36.4. The van der Waals surface area contributed by atoms with E-state index in [1.54, 1.807) is 20.8 Å². The third kappa shape index (κ3) is 3.34. The van der Waals surface area contributed by atoms with E-state index in [-0.39, 0.29) is 29.6 Å². The molecule has 5 atom stereocenters. The molecule has 2 fully saturated rings. The first kappa shape index (κ1) is 21.3. The number of imidazole rings is 1. The van der Waals surface area contributed by atoms with Gasteiger partial charge >= 0.3 is 7.82 Å². The van der Waals surface area contributed by atoms with Gasteiger partial charge in [-0.05, 0) is 27.7 Å². The van der Waals surface area contributed by atoms with Gasteiger partial charge in [0, 0.05) is 0 Å². The minimum atomic E-state index is -4.19. The van der Waals surface area contributed by atoms with Crippen molar-refractivity contribution in [2.45, 2.75) is 57.7 Å². The van der Waals surface area contributed by atoms with E-state index in [9.17, 15) is 4.57 Å². The molecule has 0 amide bonds. The predicted molar refractivity (Wildman–Crippen MR) is 99.0 cm³/mol. The Morgan fingerprint density at radius 3 is 2.83 bits per heavy atom. The molecule has 0 unspecified atom stereocenters. The minimum Gasteiger partial charge on any atom is -0.476 e. The van der Waals surface area contributed by atoms with E-state index >= 15 is 8.78 Å². The fourth-order valence-electron chi connectivity index (χ4n) is 3.49. The number of aromatic nitrogens is 4. The second-order valence-corrected chi connectivity index (χ2v) is 8.99. The van der Waals surface area contributed by atoms with Gasteiger partial charge in [-0.1, -0.05) is 0 Å². The van der Waals surface area contributed by atoms with Crippen molar-refractivity contribution in [1.29, 1.82) is 0 Å². The molecule has 30 heavy (non-hydrogen) atoms. The van der Waals surface area contributed by atoms with Crippen LogP contribution in [-0.2, 0) is 22.9 Å². The molecule has 4 rings (SSSR count). The average molecular weight is 449 g/mol. The number of hydrogen-bond acceptors (Lipinski definition) is 10. The largest absolute Gasteiger partial charge is 0.476 e. The third-order valence-electron chi connectivity index (χ3n) is 4.63. The lowest BCUT2D eigenvalue weighted by Crippen LogP contribution is -2.51. The fourth-order valence-corrected chi connectivity index (χ4v) is 5.13. The first-order chi connectivity index (χ1) is 14.0. The summed E-state index contributed by atoms with van der Waals surface area (Å²) in [5, 5.41) is 0. The maximum atomic E-state index is 15.9. The van der Waals surface area contributed by atoms with Crippen LogP contribution in [0.3, 0.4) is 0 Å². The Morgan fingerprint density at radius 1 is 1.43 bits per heavy atom. The van der Waals surface area contributed by atoms with Crippen LogP contribution in [0.5, 0.6) is 5.88 Å². The quantitative estimate of drug-likeness (QED) is 0.679. The fraction of sp³-hybridized carbons (Fsp3) is 0.688. The van der Waals surface area contributed by atoms with Crippen LogP contribution in [0.2, 0.25) is 0 Å². The molecule has 0 spiro atoms. The van der Waals surface area contributed by atoms with Crippen LogP contribution in [0.25, 0.3) is 11.2 Å². The monoisotopic (exact) mass is 449 g/mol. The SMILES string of the molecule is CCOc1nc(N)nc2c1ncn2[C@@H]1O[C@]2(F)CO[P@](=O)(OC(C)C)O[C@H]2[C@@]1(C)F. The number of fused-ring (bicyclic) bond motifs is 2. The second-order valence-electron chi connectivity index (χ2n) is 7.41. The van der Waals surface area contributed by atoms with Gasteiger partial charge in [0.05, 0.1) is 19.0 Å². The van der Waals surface area contributed by atoms with Crippen molar-refractivity contribution in [3.05, 3.63) is 6.33 Å². The summed E-state index contributed by atoms with van der Waals surface area (Å²) in [7, 11) is -4.19. The number of nitrogens with zero attached hydrogens (tertiary/aromatic N) is 4. The molecule has 166 valence electrons. The molecular weight excluding hydrogens is 427 g/mol. The van der Waals surface area contributed by atoms with Gasteiger partial charge in [-0.15, -0.1) is 0 Å². The van der Waals surface area contributed by atoms with E-state index in [0.717, 1.165) is 11.5 Å². The Bertz CT molecular complexity index is 1020. The van der Waals surface area contributed by atoms with E-state index in [0.29, 0.717) is 0 Å². The summed E-state index contributed by atoms with van der Waals surface area (Å²) in [6.45, 7) is 5.42. The van der Waals surface area contributed by atoms with Gasteiger partial charge in [0.2, 0.25) is 11.8 Å². The number of anilines is 1. The van der Waals surface area contributed by atoms with Crippen LogP contribution >= 0.6 is 7.82 Å². The number of phosphoric ester groups is 1. The van der Waals surface area contributed by atoms with E-state index in [1.165, 1.54) is 6.33 Å². The highest BCUT2D eigenvalue weighted by Crippen LogP contribution is 2.63. The molecule has 2 aromatic heterocycles. The topological polar surface area (TPSA) is 133 Å². The van der Waals surface area contributed by atoms with Gasteiger partial charge in [-0.2, -0.15) is 9.97 Å². The summed E-state index contributed by atoms with van der Waals surface area (Å²) in [4.78, 5) is 12.2. The van der Waals surface area contributed by atoms with Crippen molar-refractivity contribution >= 4 is 24.9 Å². The highest BCUT2D eigenvalue weighted by atomic mass is 31.2. The van der Waals surface area contributed by atoms with Gasteiger partial charge in [-0.3, -0.25) is 18.1 Å². The zero-order valence-corrected chi connectivity index (χ0v) is 17.6. The van der Waals surface area contributed by atoms with Crippen molar-refractivity contribution in [2.75, 3.05) is 18.9 Å². The molecule has 2 N–H and O–H groups in total. The number of ether oxygens (including phenoxy) is 2. The van der Waals surface area contributed by atoms with Gasteiger partial charge in [0.15, 0.2) is 29.2 Å². The summed E-state index contributed by atoms with van der Waals surface area (Å²) < 4.78 is 71.2. The number of nitrogen functional groups attached to an aromatic ring is 1. The molecule has 11 nitrogen and oxygen atoms in total.